The predicted molar refractivity (Wildman–Crippen MR) is 86.5 cm³/mol. The second-order valence-electron chi connectivity index (χ2n) is 4.92. The molecule has 25 heavy (non-hydrogen) atoms. The standard InChI is InChI=1S/C17H15NO7/c1-10-5-14(20)16(17(22)25-10)13(19)4-3-11-6-12(8-18-7-11)24-9-15(21)23-2/h3-8,20H,9H2,1-2H3. The van der Waals surface area contributed by atoms with Crippen molar-refractivity contribution in [3.05, 3.63) is 57.9 Å². The smallest absolute Gasteiger partial charge is 0.351 e. The van der Waals surface area contributed by atoms with Crippen molar-refractivity contribution in [1.82, 2.24) is 4.98 Å². The second kappa shape index (κ2) is 7.91. The van der Waals surface area contributed by atoms with Gasteiger partial charge < -0.3 is 19.0 Å². The van der Waals surface area contributed by atoms with Crippen molar-refractivity contribution in [1.29, 1.82) is 0 Å². The van der Waals surface area contributed by atoms with Crippen LogP contribution in [0.3, 0.4) is 0 Å². The fourth-order valence-corrected chi connectivity index (χ4v) is 1.88. The van der Waals surface area contributed by atoms with E-state index < -0.39 is 28.7 Å². The van der Waals surface area contributed by atoms with Gasteiger partial charge in [-0.25, -0.2) is 9.59 Å². The van der Waals surface area contributed by atoms with Gasteiger partial charge in [-0.15, -0.1) is 0 Å². The summed E-state index contributed by atoms with van der Waals surface area (Å²) in [5, 5.41) is 9.74. The molecule has 0 aliphatic carbocycles. The minimum atomic E-state index is -0.916. The lowest BCUT2D eigenvalue weighted by molar-refractivity contribution is -0.142. The highest BCUT2D eigenvalue weighted by atomic mass is 16.6. The zero-order valence-corrected chi connectivity index (χ0v) is 13.5. The van der Waals surface area contributed by atoms with Crippen LogP contribution in [-0.2, 0) is 9.53 Å². The van der Waals surface area contributed by atoms with Crippen molar-refractivity contribution < 1.29 is 28.6 Å². The number of nitrogens with zero attached hydrogens (tertiary/aromatic N) is 1. The van der Waals surface area contributed by atoms with Gasteiger partial charge in [0.05, 0.1) is 13.3 Å². The average molecular weight is 345 g/mol. The third-order valence-electron chi connectivity index (χ3n) is 3.05. The minimum Gasteiger partial charge on any atom is -0.507 e. The Hall–Kier alpha value is -3.42. The third kappa shape index (κ3) is 4.77. The molecule has 0 saturated heterocycles. The van der Waals surface area contributed by atoms with Crippen LogP contribution < -0.4 is 10.4 Å². The van der Waals surface area contributed by atoms with Crippen molar-refractivity contribution >= 4 is 17.8 Å². The molecule has 0 atom stereocenters. The van der Waals surface area contributed by atoms with Crippen molar-refractivity contribution in [3.8, 4) is 11.5 Å². The molecule has 8 heteroatoms. The number of pyridine rings is 1. The number of ether oxygens (including phenoxy) is 2. The zero-order valence-electron chi connectivity index (χ0n) is 13.5. The van der Waals surface area contributed by atoms with Gasteiger partial charge in [0.25, 0.3) is 0 Å². The Morgan fingerprint density at radius 3 is 2.76 bits per heavy atom. The highest BCUT2D eigenvalue weighted by Crippen LogP contribution is 2.17. The van der Waals surface area contributed by atoms with Gasteiger partial charge in [-0.1, -0.05) is 0 Å². The Kier molecular flexibility index (Phi) is 5.67. The lowest BCUT2D eigenvalue weighted by Crippen LogP contribution is -2.13. The molecule has 1 N–H and O–H groups in total. The summed E-state index contributed by atoms with van der Waals surface area (Å²) in [6, 6.07) is 2.72. The van der Waals surface area contributed by atoms with Gasteiger partial charge >= 0.3 is 11.6 Å². The highest BCUT2D eigenvalue weighted by Gasteiger charge is 2.15. The number of hydrogen-bond acceptors (Lipinski definition) is 8. The number of aromatic hydroxyl groups is 1. The Labute approximate surface area is 142 Å². The Balaban J connectivity index is 2.15. The molecule has 8 nitrogen and oxygen atoms in total. The van der Waals surface area contributed by atoms with Gasteiger partial charge in [-0.2, -0.15) is 0 Å². The first-order chi connectivity index (χ1) is 11.9. The fraction of sp³-hybridized carbons (Fsp3) is 0.176. The summed E-state index contributed by atoms with van der Waals surface area (Å²) in [4.78, 5) is 38.7. The highest BCUT2D eigenvalue weighted by molar-refractivity contribution is 6.08. The monoisotopic (exact) mass is 345 g/mol. The van der Waals surface area contributed by atoms with Crippen LogP contribution in [0, 0.1) is 6.92 Å². The van der Waals surface area contributed by atoms with Crippen LogP contribution in [0.15, 0.2) is 39.8 Å². The summed E-state index contributed by atoms with van der Waals surface area (Å²) < 4.78 is 14.4. The largest absolute Gasteiger partial charge is 0.507 e. The molecule has 2 aromatic rings. The summed E-state index contributed by atoms with van der Waals surface area (Å²) in [6.07, 6.45) is 5.33. The van der Waals surface area contributed by atoms with Gasteiger partial charge in [0.15, 0.2) is 12.4 Å². The topological polar surface area (TPSA) is 116 Å². The maximum atomic E-state index is 12.1. The molecule has 130 valence electrons. The number of aromatic nitrogens is 1. The van der Waals surface area contributed by atoms with Crippen molar-refractivity contribution in [2.45, 2.75) is 6.92 Å². The summed E-state index contributed by atoms with van der Waals surface area (Å²) in [6.45, 7) is 1.21. The summed E-state index contributed by atoms with van der Waals surface area (Å²) in [7, 11) is 1.24. The quantitative estimate of drug-likeness (QED) is 0.476. The van der Waals surface area contributed by atoms with Crippen LogP contribution >= 0.6 is 0 Å². The van der Waals surface area contributed by atoms with Crippen molar-refractivity contribution in [3.63, 3.8) is 0 Å². The molecule has 0 bridgehead atoms. The molecular weight excluding hydrogens is 330 g/mol. The number of carbonyl (C=O) groups excluding carboxylic acids is 2. The maximum Gasteiger partial charge on any atom is 0.351 e. The molecule has 2 aromatic heterocycles. The first-order valence-corrected chi connectivity index (χ1v) is 7.11. The number of ketones is 1. The van der Waals surface area contributed by atoms with E-state index in [0.717, 1.165) is 6.08 Å². The van der Waals surface area contributed by atoms with E-state index in [0.29, 0.717) is 11.3 Å². The van der Waals surface area contributed by atoms with Gasteiger partial charge in [0, 0.05) is 12.3 Å². The number of rotatable bonds is 6. The average Bonchev–Trinajstić information content (AvgIpc) is 2.57. The second-order valence-corrected chi connectivity index (χ2v) is 4.92. The van der Waals surface area contributed by atoms with Crippen LogP contribution in [0.25, 0.3) is 6.08 Å². The SMILES string of the molecule is COC(=O)COc1cncc(C=CC(=O)c2c(O)cc(C)oc2=O)c1. The van der Waals surface area contributed by atoms with E-state index in [-0.39, 0.29) is 12.4 Å². The lowest BCUT2D eigenvalue weighted by atomic mass is 10.1. The molecule has 0 spiro atoms. The van der Waals surface area contributed by atoms with Crippen molar-refractivity contribution in [2.24, 2.45) is 0 Å². The molecular formula is C17H15NO7. The van der Waals surface area contributed by atoms with E-state index in [1.54, 1.807) is 0 Å². The van der Waals surface area contributed by atoms with Crippen LogP contribution in [0.4, 0.5) is 0 Å². The summed E-state index contributed by atoms with van der Waals surface area (Å²) in [5.74, 6) is -1.21. The first kappa shape index (κ1) is 17.9. The molecule has 0 unspecified atom stereocenters. The number of hydrogen-bond donors (Lipinski definition) is 1. The zero-order chi connectivity index (χ0) is 18.4. The molecule has 0 saturated carbocycles. The molecule has 0 aliphatic heterocycles. The van der Waals surface area contributed by atoms with Crippen molar-refractivity contribution in [2.75, 3.05) is 13.7 Å². The van der Waals surface area contributed by atoms with Crippen LogP contribution in [-0.4, -0.2) is 35.6 Å². The number of methoxy groups -OCH3 is 1. The van der Waals surface area contributed by atoms with E-state index in [9.17, 15) is 19.5 Å². The number of carbonyl (C=O) groups is 2. The van der Waals surface area contributed by atoms with Gasteiger partial charge in [-0.3, -0.25) is 9.78 Å². The molecule has 2 heterocycles. The third-order valence-corrected chi connectivity index (χ3v) is 3.05. The molecule has 2 rings (SSSR count). The molecule has 0 radical (unpaired) electrons. The maximum absolute atomic E-state index is 12.1. The van der Waals surface area contributed by atoms with E-state index in [1.807, 2.05) is 0 Å². The van der Waals surface area contributed by atoms with Crippen LogP contribution in [0.5, 0.6) is 11.5 Å². The van der Waals surface area contributed by atoms with E-state index in [4.69, 9.17) is 9.15 Å². The van der Waals surface area contributed by atoms with Crippen LogP contribution in [0.1, 0.15) is 21.7 Å². The van der Waals surface area contributed by atoms with E-state index >= 15 is 0 Å². The predicted octanol–water partition coefficient (Wildman–Crippen LogP) is 1.50. The normalized spacial score (nSPS) is 10.6. The Bertz CT molecular complexity index is 883. The Morgan fingerprint density at radius 1 is 1.32 bits per heavy atom. The number of esters is 1. The lowest BCUT2D eigenvalue weighted by Gasteiger charge is -2.04. The minimum absolute atomic E-state index is 0.197. The van der Waals surface area contributed by atoms with Gasteiger partial charge in [0.2, 0.25) is 0 Å². The first-order valence-electron chi connectivity index (χ1n) is 7.11. The van der Waals surface area contributed by atoms with E-state index in [1.165, 1.54) is 44.6 Å². The van der Waals surface area contributed by atoms with E-state index in [2.05, 4.69) is 9.72 Å². The van der Waals surface area contributed by atoms with Crippen LogP contribution in [0.2, 0.25) is 0 Å². The summed E-state index contributed by atoms with van der Waals surface area (Å²) in [5.41, 5.74) is -0.875. The van der Waals surface area contributed by atoms with Gasteiger partial charge in [0.1, 0.15) is 22.8 Å². The number of aryl methyl sites for hydroxylation is 1. The fourth-order valence-electron chi connectivity index (χ4n) is 1.88. The van der Waals surface area contributed by atoms with Gasteiger partial charge in [-0.05, 0) is 30.7 Å². The Morgan fingerprint density at radius 2 is 2.08 bits per heavy atom. The number of allylic oxidation sites excluding steroid dienone is 1. The summed E-state index contributed by atoms with van der Waals surface area (Å²) >= 11 is 0. The molecule has 0 aromatic carbocycles. The molecule has 0 fully saturated rings. The molecule has 0 amide bonds. The molecule has 0 aliphatic rings.